The lowest BCUT2D eigenvalue weighted by Crippen LogP contribution is -2.38. The Morgan fingerprint density at radius 3 is 2.81 bits per heavy atom. The lowest BCUT2D eigenvalue weighted by molar-refractivity contribution is -0.147. The average molecular weight is 304 g/mol. The second-order valence-electron chi connectivity index (χ2n) is 5.34. The van der Waals surface area contributed by atoms with Gasteiger partial charge in [-0.2, -0.15) is 0 Å². The fourth-order valence-corrected chi connectivity index (χ4v) is 3.43. The first-order chi connectivity index (χ1) is 10.1. The molecule has 0 bridgehead atoms. The normalized spacial score (nSPS) is 21.0. The SMILES string of the molecule is CCc1nc2ccc(NC(=O)C3CC(C(=O)O)C3)cc2s1. The first kappa shape index (κ1) is 14.0. The Balaban J connectivity index is 1.67. The maximum Gasteiger partial charge on any atom is 0.306 e. The molecule has 1 aliphatic carbocycles. The Morgan fingerprint density at radius 2 is 2.14 bits per heavy atom. The van der Waals surface area contributed by atoms with Crippen LogP contribution in [-0.2, 0) is 16.0 Å². The second-order valence-corrected chi connectivity index (χ2v) is 6.45. The number of aryl methyl sites for hydroxylation is 1. The van der Waals surface area contributed by atoms with E-state index in [0.717, 1.165) is 27.3 Å². The van der Waals surface area contributed by atoms with Crippen LogP contribution >= 0.6 is 11.3 Å². The number of nitrogens with zero attached hydrogens (tertiary/aromatic N) is 1. The van der Waals surface area contributed by atoms with E-state index in [1.54, 1.807) is 11.3 Å². The van der Waals surface area contributed by atoms with Crippen molar-refractivity contribution in [2.45, 2.75) is 26.2 Å². The van der Waals surface area contributed by atoms with Crippen LogP contribution in [0, 0.1) is 11.8 Å². The fourth-order valence-electron chi connectivity index (χ4n) is 2.48. The van der Waals surface area contributed by atoms with Crippen LogP contribution in [0.5, 0.6) is 0 Å². The number of anilines is 1. The number of aromatic nitrogens is 1. The van der Waals surface area contributed by atoms with Gasteiger partial charge >= 0.3 is 5.97 Å². The van der Waals surface area contributed by atoms with Gasteiger partial charge in [0.05, 0.1) is 21.1 Å². The minimum absolute atomic E-state index is 0.0907. The Morgan fingerprint density at radius 1 is 1.38 bits per heavy atom. The van der Waals surface area contributed by atoms with Crippen molar-refractivity contribution in [2.75, 3.05) is 5.32 Å². The molecule has 2 N–H and O–H groups in total. The molecule has 3 rings (SSSR count). The first-order valence-corrected chi connectivity index (χ1v) is 7.81. The predicted octanol–water partition coefficient (Wildman–Crippen LogP) is 2.91. The maximum atomic E-state index is 12.0. The summed E-state index contributed by atoms with van der Waals surface area (Å²) < 4.78 is 1.06. The Bertz CT molecular complexity index is 704. The van der Waals surface area contributed by atoms with E-state index < -0.39 is 5.97 Å². The molecule has 1 aromatic carbocycles. The van der Waals surface area contributed by atoms with Crippen LogP contribution in [0.2, 0.25) is 0 Å². The van der Waals surface area contributed by atoms with Gasteiger partial charge in [0.1, 0.15) is 0 Å². The Labute approximate surface area is 126 Å². The van der Waals surface area contributed by atoms with E-state index in [4.69, 9.17) is 5.11 Å². The van der Waals surface area contributed by atoms with E-state index in [1.165, 1.54) is 0 Å². The highest BCUT2D eigenvalue weighted by atomic mass is 32.1. The largest absolute Gasteiger partial charge is 0.481 e. The summed E-state index contributed by atoms with van der Waals surface area (Å²) in [6, 6.07) is 5.67. The van der Waals surface area contributed by atoms with Gasteiger partial charge in [-0.25, -0.2) is 4.98 Å². The highest BCUT2D eigenvalue weighted by Gasteiger charge is 2.38. The van der Waals surface area contributed by atoms with Gasteiger partial charge in [-0.05, 0) is 37.5 Å². The average Bonchev–Trinajstić information content (AvgIpc) is 2.78. The van der Waals surface area contributed by atoms with Crippen LogP contribution in [0.3, 0.4) is 0 Å². The molecule has 5 nitrogen and oxygen atoms in total. The van der Waals surface area contributed by atoms with Crippen molar-refractivity contribution >= 4 is 39.1 Å². The van der Waals surface area contributed by atoms with Crippen LogP contribution in [0.4, 0.5) is 5.69 Å². The van der Waals surface area contributed by atoms with Gasteiger partial charge in [-0.15, -0.1) is 11.3 Å². The quantitative estimate of drug-likeness (QED) is 0.910. The van der Waals surface area contributed by atoms with Crippen molar-refractivity contribution < 1.29 is 14.7 Å². The molecule has 2 aromatic rings. The molecule has 0 aliphatic heterocycles. The summed E-state index contributed by atoms with van der Waals surface area (Å²) in [6.45, 7) is 2.07. The van der Waals surface area contributed by atoms with E-state index >= 15 is 0 Å². The number of carboxylic acid groups (broad SMARTS) is 1. The smallest absolute Gasteiger partial charge is 0.306 e. The highest BCUT2D eigenvalue weighted by molar-refractivity contribution is 7.18. The molecule has 0 unspecified atom stereocenters. The van der Waals surface area contributed by atoms with Gasteiger partial charge in [0.2, 0.25) is 5.91 Å². The third-order valence-electron chi connectivity index (χ3n) is 3.86. The van der Waals surface area contributed by atoms with Gasteiger partial charge in [-0.1, -0.05) is 6.92 Å². The number of hydrogen-bond acceptors (Lipinski definition) is 4. The maximum absolute atomic E-state index is 12.0. The van der Waals surface area contributed by atoms with Crippen molar-refractivity contribution in [3.05, 3.63) is 23.2 Å². The number of thiazole rings is 1. The predicted molar refractivity (Wildman–Crippen MR) is 81.5 cm³/mol. The number of benzene rings is 1. The van der Waals surface area contributed by atoms with Crippen molar-refractivity contribution in [2.24, 2.45) is 11.8 Å². The number of fused-ring (bicyclic) bond motifs is 1. The number of amides is 1. The summed E-state index contributed by atoms with van der Waals surface area (Å²) in [5.74, 6) is -1.45. The van der Waals surface area contributed by atoms with Crippen molar-refractivity contribution in [3.63, 3.8) is 0 Å². The van der Waals surface area contributed by atoms with Crippen LogP contribution in [0.25, 0.3) is 10.2 Å². The molecule has 0 atom stereocenters. The van der Waals surface area contributed by atoms with E-state index in [2.05, 4.69) is 17.2 Å². The summed E-state index contributed by atoms with van der Waals surface area (Å²) in [5.41, 5.74) is 1.70. The molecule has 1 saturated carbocycles. The number of carboxylic acids is 1. The van der Waals surface area contributed by atoms with E-state index in [-0.39, 0.29) is 17.7 Å². The van der Waals surface area contributed by atoms with Gasteiger partial charge in [0.15, 0.2) is 0 Å². The first-order valence-electron chi connectivity index (χ1n) is 7.00. The number of carbonyl (C=O) groups is 2. The van der Waals surface area contributed by atoms with Crippen LogP contribution in [0.15, 0.2) is 18.2 Å². The molecule has 110 valence electrons. The summed E-state index contributed by atoms with van der Waals surface area (Å²) in [6.07, 6.45) is 1.77. The van der Waals surface area contributed by atoms with E-state index in [0.29, 0.717) is 12.8 Å². The molecular weight excluding hydrogens is 288 g/mol. The van der Waals surface area contributed by atoms with Gasteiger partial charge in [0, 0.05) is 11.6 Å². The van der Waals surface area contributed by atoms with Crippen molar-refractivity contribution in [3.8, 4) is 0 Å². The third kappa shape index (κ3) is 2.76. The minimum atomic E-state index is -0.808. The van der Waals surface area contributed by atoms with Crippen LogP contribution in [0.1, 0.15) is 24.8 Å². The molecule has 1 fully saturated rings. The number of nitrogens with one attached hydrogen (secondary N) is 1. The minimum Gasteiger partial charge on any atom is -0.481 e. The Kier molecular flexibility index (Phi) is 3.63. The van der Waals surface area contributed by atoms with Crippen molar-refractivity contribution in [1.29, 1.82) is 0 Å². The number of hydrogen-bond donors (Lipinski definition) is 2. The summed E-state index contributed by atoms with van der Waals surface area (Å²) in [7, 11) is 0. The lowest BCUT2D eigenvalue weighted by atomic mass is 9.74. The fraction of sp³-hybridized carbons (Fsp3) is 0.400. The molecular formula is C15H16N2O3S. The van der Waals surface area contributed by atoms with Crippen molar-refractivity contribution in [1.82, 2.24) is 4.98 Å². The molecule has 0 radical (unpaired) electrons. The Hall–Kier alpha value is -1.95. The molecule has 21 heavy (non-hydrogen) atoms. The zero-order valence-corrected chi connectivity index (χ0v) is 12.4. The van der Waals surface area contributed by atoms with Crippen LogP contribution < -0.4 is 5.32 Å². The summed E-state index contributed by atoms with van der Waals surface area (Å²) in [5, 5.41) is 12.8. The van der Waals surface area contributed by atoms with Gasteiger partial charge in [0.25, 0.3) is 0 Å². The topological polar surface area (TPSA) is 79.3 Å². The standard InChI is InChI=1S/C15H16N2O3S/c1-2-13-17-11-4-3-10(7-12(11)21-13)16-14(18)8-5-9(6-8)15(19)20/h3-4,7-9H,2,5-6H2,1H3,(H,16,18)(H,19,20). The monoisotopic (exact) mass is 304 g/mol. The van der Waals surface area contributed by atoms with E-state index in [9.17, 15) is 9.59 Å². The molecule has 0 spiro atoms. The zero-order valence-electron chi connectivity index (χ0n) is 11.6. The summed E-state index contributed by atoms with van der Waals surface area (Å²) in [4.78, 5) is 27.3. The molecule has 1 aliphatic rings. The zero-order chi connectivity index (χ0) is 15.0. The molecule has 6 heteroatoms. The molecule has 1 heterocycles. The van der Waals surface area contributed by atoms with E-state index in [1.807, 2.05) is 18.2 Å². The second kappa shape index (κ2) is 5.44. The number of rotatable bonds is 4. The number of aliphatic carboxylic acids is 1. The summed E-state index contributed by atoms with van der Waals surface area (Å²) >= 11 is 1.63. The third-order valence-corrected chi connectivity index (χ3v) is 5.02. The lowest BCUT2D eigenvalue weighted by Gasteiger charge is -2.30. The van der Waals surface area contributed by atoms with Gasteiger partial charge < -0.3 is 10.4 Å². The molecule has 0 saturated heterocycles. The number of carbonyl (C=O) groups excluding carboxylic acids is 1. The highest BCUT2D eigenvalue weighted by Crippen LogP contribution is 2.35. The van der Waals surface area contributed by atoms with Crippen LogP contribution in [-0.4, -0.2) is 22.0 Å². The van der Waals surface area contributed by atoms with Gasteiger partial charge in [-0.3, -0.25) is 9.59 Å². The molecule has 1 amide bonds. The molecule has 1 aromatic heterocycles.